The van der Waals surface area contributed by atoms with Crippen LogP contribution in [0.3, 0.4) is 0 Å². The first-order chi connectivity index (χ1) is 20.1. The molecule has 1 N–H and O–H groups in total. The Labute approximate surface area is 238 Å². The van der Waals surface area contributed by atoms with Crippen molar-refractivity contribution in [2.75, 3.05) is 19.1 Å². The quantitative estimate of drug-likeness (QED) is 0.196. The van der Waals surface area contributed by atoms with Crippen molar-refractivity contribution < 1.29 is 18.7 Å². The zero-order valence-electron chi connectivity index (χ0n) is 23.1. The molecule has 208 valence electrons. The van der Waals surface area contributed by atoms with Crippen LogP contribution < -0.4 is 4.90 Å². The first kappa shape index (κ1) is 26.7. The van der Waals surface area contributed by atoms with Crippen LogP contribution >= 0.6 is 0 Å². The maximum atomic E-state index is 16.0. The van der Waals surface area contributed by atoms with E-state index in [1.165, 1.54) is 7.11 Å². The molecule has 2 heterocycles. The molecule has 0 unspecified atom stereocenters. The number of esters is 1. The molecule has 0 radical (unpaired) electrons. The van der Waals surface area contributed by atoms with Crippen LogP contribution in [0, 0.1) is 5.82 Å². The Kier molecular flexibility index (Phi) is 7.53. The second-order valence-corrected chi connectivity index (χ2v) is 10.5. The van der Waals surface area contributed by atoms with Crippen LogP contribution in [0.15, 0.2) is 91.1 Å². The second kappa shape index (κ2) is 11.6. The number of fused-ring (bicyclic) bond motifs is 1. The maximum absolute atomic E-state index is 16.0. The molecule has 5 aromatic rings. The number of benzene rings is 3. The highest BCUT2D eigenvalue weighted by Crippen LogP contribution is 2.42. The van der Waals surface area contributed by atoms with Crippen LogP contribution in [0.25, 0.3) is 22.2 Å². The van der Waals surface area contributed by atoms with Crippen LogP contribution in [-0.4, -0.2) is 36.3 Å². The van der Waals surface area contributed by atoms with Gasteiger partial charge in [0, 0.05) is 43.0 Å². The zero-order chi connectivity index (χ0) is 28.3. The van der Waals surface area contributed by atoms with Crippen LogP contribution in [0.2, 0.25) is 0 Å². The minimum Gasteiger partial charge on any atom is -0.465 e. The molecule has 0 aliphatic heterocycles. The average molecular weight is 550 g/mol. The van der Waals surface area contributed by atoms with E-state index < -0.39 is 5.97 Å². The summed E-state index contributed by atoms with van der Waals surface area (Å²) in [6, 6.07) is 27.7. The second-order valence-electron chi connectivity index (χ2n) is 10.5. The van der Waals surface area contributed by atoms with Crippen molar-refractivity contribution in [3.63, 3.8) is 0 Å². The molecule has 1 saturated carbocycles. The zero-order valence-corrected chi connectivity index (χ0v) is 23.1. The fourth-order valence-corrected chi connectivity index (χ4v) is 5.66. The molecule has 3 aromatic carbocycles. The number of hydrogen-bond donors (Lipinski definition) is 1. The van der Waals surface area contributed by atoms with Gasteiger partial charge in [-0.15, -0.1) is 0 Å². The molecule has 1 fully saturated rings. The lowest BCUT2D eigenvalue weighted by Gasteiger charge is -2.34. The van der Waals surface area contributed by atoms with Gasteiger partial charge in [0.2, 0.25) is 0 Å². The van der Waals surface area contributed by atoms with E-state index in [0.29, 0.717) is 52.2 Å². The predicted molar refractivity (Wildman–Crippen MR) is 158 cm³/mol. The molecule has 0 spiro atoms. The van der Waals surface area contributed by atoms with Crippen molar-refractivity contribution in [2.24, 2.45) is 0 Å². The largest absolute Gasteiger partial charge is 0.465 e. The van der Waals surface area contributed by atoms with Gasteiger partial charge in [-0.1, -0.05) is 72.8 Å². The standard InChI is InChI=1S/C34H32FN3O3/c1-40-25-16-24(17-25)26-14-9-15-27(31(26)35)30-18-28-29(34(39)41-2)19-36-33(32(28)37-30)38(20-22-10-5-3-6-11-22)21-23-12-7-4-8-13-23/h3-15,18-19,24-25,37H,16-17,20-21H2,1-2H3/t24-,25+. The van der Waals surface area contributed by atoms with Crippen LogP contribution in [0.1, 0.15) is 45.8 Å². The highest BCUT2D eigenvalue weighted by molar-refractivity contribution is 6.07. The summed E-state index contributed by atoms with van der Waals surface area (Å²) in [6.07, 6.45) is 3.33. The fourth-order valence-electron chi connectivity index (χ4n) is 5.66. The number of ether oxygens (including phenoxy) is 2. The third kappa shape index (κ3) is 5.33. The molecule has 1 aliphatic rings. The first-order valence-corrected chi connectivity index (χ1v) is 13.8. The lowest BCUT2D eigenvalue weighted by molar-refractivity contribution is 0.0250. The molecular weight excluding hydrogens is 517 g/mol. The summed E-state index contributed by atoms with van der Waals surface area (Å²) < 4.78 is 26.5. The normalized spacial score (nSPS) is 16.4. The number of nitrogens with one attached hydrogen (secondary N) is 1. The number of aromatic nitrogens is 2. The summed E-state index contributed by atoms with van der Waals surface area (Å²) in [5.74, 6) is 0.0502. The van der Waals surface area contributed by atoms with E-state index in [1.54, 1.807) is 19.4 Å². The molecule has 0 amide bonds. The summed E-state index contributed by atoms with van der Waals surface area (Å²) >= 11 is 0. The van der Waals surface area contributed by atoms with Gasteiger partial charge in [-0.3, -0.25) is 0 Å². The Hall–Kier alpha value is -4.49. The first-order valence-electron chi connectivity index (χ1n) is 13.8. The summed E-state index contributed by atoms with van der Waals surface area (Å²) in [4.78, 5) is 23.2. The molecule has 0 bridgehead atoms. The number of H-pyrrole nitrogens is 1. The van der Waals surface area contributed by atoms with Gasteiger partial charge in [-0.2, -0.15) is 0 Å². The van der Waals surface area contributed by atoms with Gasteiger partial charge >= 0.3 is 5.97 Å². The smallest absolute Gasteiger partial charge is 0.340 e. The van der Waals surface area contributed by atoms with Gasteiger partial charge in [0.25, 0.3) is 0 Å². The third-order valence-electron chi connectivity index (χ3n) is 7.97. The van der Waals surface area contributed by atoms with E-state index in [9.17, 15) is 4.79 Å². The SMILES string of the molecule is COC(=O)c1cnc(N(Cc2ccccc2)Cc2ccccc2)c2[nH]c(-c3cccc([C@H]4C[C@@H](OC)C4)c3F)cc12. The number of methoxy groups -OCH3 is 2. The van der Waals surface area contributed by atoms with Crippen molar-refractivity contribution in [1.29, 1.82) is 0 Å². The Morgan fingerprint density at radius 3 is 2.22 bits per heavy atom. The average Bonchev–Trinajstić information content (AvgIpc) is 3.42. The van der Waals surface area contributed by atoms with E-state index in [-0.39, 0.29) is 17.8 Å². The molecule has 6 rings (SSSR count). The van der Waals surface area contributed by atoms with Crippen molar-refractivity contribution in [3.05, 3.63) is 119 Å². The summed E-state index contributed by atoms with van der Waals surface area (Å²) in [6.45, 7) is 1.19. The molecule has 6 nitrogen and oxygen atoms in total. The van der Waals surface area contributed by atoms with E-state index in [2.05, 4.69) is 34.1 Å². The predicted octanol–water partition coefficient (Wildman–Crippen LogP) is 7.25. The number of carbonyl (C=O) groups is 1. The molecule has 41 heavy (non-hydrogen) atoms. The molecule has 1 aliphatic carbocycles. The number of rotatable bonds is 9. The van der Waals surface area contributed by atoms with Crippen LogP contribution in [-0.2, 0) is 22.6 Å². The van der Waals surface area contributed by atoms with E-state index in [1.807, 2.05) is 54.6 Å². The Bertz CT molecular complexity index is 1620. The van der Waals surface area contributed by atoms with Gasteiger partial charge in [0.15, 0.2) is 5.82 Å². The Morgan fingerprint density at radius 1 is 0.951 bits per heavy atom. The maximum Gasteiger partial charge on any atom is 0.340 e. The highest BCUT2D eigenvalue weighted by atomic mass is 19.1. The minimum atomic E-state index is -0.494. The van der Waals surface area contributed by atoms with Crippen molar-refractivity contribution in [2.45, 2.75) is 38.0 Å². The van der Waals surface area contributed by atoms with Gasteiger partial charge < -0.3 is 19.4 Å². The Morgan fingerprint density at radius 2 is 1.61 bits per heavy atom. The molecule has 7 heteroatoms. The number of nitrogens with zero attached hydrogens (tertiary/aromatic N) is 2. The number of aromatic amines is 1. The van der Waals surface area contributed by atoms with Crippen molar-refractivity contribution in [1.82, 2.24) is 9.97 Å². The molecule has 0 saturated heterocycles. The molecular formula is C34H32FN3O3. The van der Waals surface area contributed by atoms with Gasteiger partial charge in [-0.05, 0) is 47.6 Å². The van der Waals surface area contributed by atoms with Gasteiger partial charge in [0.05, 0.1) is 24.3 Å². The molecule has 0 atom stereocenters. The van der Waals surface area contributed by atoms with Gasteiger partial charge in [0.1, 0.15) is 5.82 Å². The summed E-state index contributed by atoms with van der Waals surface area (Å²) in [7, 11) is 3.04. The number of anilines is 1. The monoisotopic (exact) mass is 549 g/mol. The van der Waals surface area contributed by atoms with E-state index >= 15 is 4.39 Å². The number of hydrogen-bond acceptors (Lipinski definition) is 5. The van der Waals surface area contributed by atoms with Crippen molar-refractivity contribution in [3.8, 4) is 11.3 Å². The topological polar surface area (TPSA) is 67.5 Å². The number of halogens is 1. The van der Waals surface area contributed by atoms with Gasteiger partial charge in [-0.25, -0.2) is 14.2 Å². The lowest BCUT2D eigenvalue weighted by atomic mass is 9.77. The summed E-state index contributed by atoms with van der Waals surface area (Å²) in [5, 5.41) is 0.635. The molecule has 2 aromatic heterocycles. The highest BCUT2D eigenvalue weighted by Gasteiger charge is 2.33. The number of carbonyl (C=O) groups excluding carboxylic acids is 1. The Balaban J connectivity index is 1.47. The lowest BCUT2D eigenvalue weighted by Crippen LogP contribution is -2.29. The summed E-state index contributed by atoms with van der Waals surface area (Å²) in [5.41, 5.74) is 4.96. The van der Waals surface area contributed by atoms with Crippen LogP contribution in [0.4, 0.5) is 10.2 Å². The minimum absolute atomic E-state index is 0.124. The van der Waals surface area contributed by atoms with Crippen molar-refractivity contribution >= 4 is 22.7 Å². The fraction of sp³-hybridized carbons (Fsp3) is 0.235. The number of pyridine rings is 1. The van der Waals surface area contributed by atoms with Crippen LogP contribution in [0.5, 0.6) is 0 Å². The third-order valence-corrected chi connectivity index (χ3v) is 7.97. The van der Waals surface area contributed by atoms with E-state index in [4.69, 9.17) is 14.5 Å². The van der Waals surface area contributed by atoms with E-state index in [0.717, 1.165) is 24.0 Å².